The van der Waals surface area contributed by atoms with E-state index >= 15 is 0 Å². The molecule has 0 spiro atoms. The molecule has 2 aromatic heterocycles. The van der Waals surface area contributed by atoms with Crippen LogP contribution < -0.4 is 14.8 Å². The molecule has 0 saturated carbocycles. The van der Waals surface area contributed by atoms with E-state index in [1.807, 2.05) is 11.0 Å². The number of rotatable bonds is 8. The number of methoxy groups -OCH3 is 2. The molecule has 1 saturated heterocycles. The number of carbonyl (C=O) groups is 1. The Morgan fingerprint density at radius 3 is 2.47 bits per heavy atom. The van der Waals surface area contributed by atoms with E-state index in [1.54, 1.807) is 25.5 Å². The Labute approximate surface area is 207 Å². The van der Waals surface area contributed by atoms with Gasteiger partial charge in [-0.15, -0.1) is 0 Å². The smallest absolute Gasteiger partial charge is 0.219 e. The number of piperidine rings is 1. The Kier molecular flexibility index (Phi) is 7.52. The highest BCUT2D eigenvalue weighted by Gasteiger charge is 2.22. The van der Waals surface area contributed by atoms with Crippen molar-refractivity contribution >= 4 is 28.7 Å². The molecule has 8 nitrogen and oxygen atoms in total. The van der Waals surface area contributed by atoms with Gasteiger partial charge in [-0.05, 0) is 24.5 Å². The number of halogens is 2. The molecule has 0 bridgehead atoms. The van der Waals surface area contributed by atoms with Crippen molar-refractivity contribution in [1.82, 2.24) is 20.2 Å². The van der Waals surface area contributed by atoms with Crippen molar-refractivity contribution < 1.29 is 23.0 Å². The minimum Gasteiger partial charge on any atom is -0.494 e. The van der Waals surface area contributed by atoms with Gasteiger partial charge < -0.3 is 30.1 Å². The number of fused-ring (bicyclic) bond motifs is 1. The van der Waals surface area contributed by atoms with Crippen LogP contribution >= 0.6 is 0 Å². The summed E-state index contributed by atoms with van der Waals surface area (Å²) in [6.07, 6.45) is 7.93. The van der Waals surface area contributed by atoms with Crippen LogP contribution in [-0.4, -0.2) is 60.3 Å². The van der Waals surface area contributed by atoms with Crippen LogP contribution in [0.2, 0.25) is 0 Å². The number of carbonyl (C=O) groups excluding carboxylic acids is 1. The average Bonchev–Trinajstić information content (AvgIpc) is 3.29. The second kappa shape index (κ2) is 10.8. The number of nitrogens with one attached hydrogen (secondary N) is 3. The van der Waals surface area contributed by atoms with Gasteiger partial charge in [-0.3, -0.25) is 4.79 Å². The van der Waals surface area contributed by atoms with Crippen LogP contribution in [0.3, 0.4) is 0 Å². The van der Waals surface area contributed by atoms with E-state index in [1.165, 1.54) is 26.5 Å². The Morgan fingerprint density at radius 2 is 1.89 bits per heavy atom. The van der Waals surface area contributed by atoms with Gasteiger partial charge in [0.1, 0.15) is 5.65 Å². The van der Waals surface area contributed by atoms with Gasteiger partial charge in [-0.25, -0.2) is 13.8 Å². The first-order valence-electron chi connectivity index (χ1n) is 11.6. The highest BCUT2D eigenvalue weighted by molar-refractivity contribution is 6.09. The Bertz CT molecular complexity index is 1280. The quantitative estimate of drug-likeness (QED) is 0.408. The number of hydrogen-bond acceptors (Lipinski definition) is 6. The fraction of sp³-hybridized carbons (Fsp3) is 0.346. The van der Waals surface area contributed by atoms with E-state index in [0.29, 0.717) is 40.8 Å². The monoisotopic (exact) mass is 497 g/mol. The van der Waals surface area contributed by atoms with Gasteiger partial charge in [-0.2, -0.15) is 0 Å². The largest absolute Gasteiger partial charge is 0.494 e. The standard InChI is InChI=1S/C26H29F2N5O3/c1-15(34)33-6-4-19(5-7-33)30-14-18(11-29)16-8-20-17(13-32-26(20)31-12-16)9-21-24(27)22(35-2)10-23(36-3)25(21)28/h8,10-14,19,29-30H,4-7,9H2,1-3H3,(H,31,32)/b18-14+,29-11?. The molecule has 1 aliphatic heterocycles. The number of aromatic amines is 1. The van der Waals surface area contributed by atoms with E-state index in [9.17, 15) is 13.6 Å². The molecule has 0 aliphatic carbocycles. The Morgan fingerprint density at radius 1 is 1.22 bits per heavy atom. The maximum absolute atomic E-state index is 14.9. The molecular weight excluding hydrogens is 468 g/mol. The molecule has 0 radical (unpaired) electrons. The Hall–Kier alpha value is -3.95. The number of benzene rings is 1. The summed E-state index contributed by atoms with van der Waals surface area (Å²) in [6.45, 7) is 2.97. The SMILES string of the molecule is COc1cc(OC)c(F)c(Cc2c[nH]c3ncc(/C(C=N)=C/NC4CCN(C(C)=O)CC4)cc23)c1F. The highest BCUT2D eigenvalue weighted by atomic mass is 19.1. The van der Waals surface area contributed by atoms with E-state index in [2.05, 4.69) is 15.3 Å². The minimum atomic E-state index is -0.783. The zero-order valence-electron chi connectivity index (χ0n) is 20.5. The summed E-state index contributed by atoms with van der Waals surface area (Å²) >= 11 is 0. The van der Waals surface area contributed by atoms with Crippen LogP contribution in [-0.2, 0) is 11.2 Å². The molecule has 1 fully saturated rings. The first-order valence-corrected chi connectivity index (χ1v) is 11.6. The van der Waals surface area contributed by atoms with Gasteiger partial charge in [-0.1, -0.05) is 0 Å². The Balaban J connectivity index is 1.60. The van der Waals surface area contributed by atoms with Crippen LogP contribution in [0.25, 0.3) is 16.6 Å². The van der Waals surface area contributed by atoms with Gasteiger partial charge in [0.2, 0.25) is 5.91 Å². The molecule has 3 heterocycles. The number of amides is 1. The molecule has 0 atom stereocenters. The minimum absolute atomic E-state index is 0.0486. The van der Waals surface area contributed by atoms with E-state index in [4.69, 9.17) is 14.9 Å². The van der Waals surface area contributed by atoms with Crippen molar-refractivity contribution in [2.45, 2.75) is 32.2 Å². The number of hydrogen-bond donors (Lipinski definition) is 3. The molecule has 36 heavy (non-hydrogen) atoms. The molecular formula is C26H29F2N5O3. The third-order valence-corrected chi connectivity index (χ3v) is 6.55. The lowest BCUT2D eigenvalue weighted by Gasteiger charge is -2.31. The van der Waals surface area contributed by atoms with Gasteiger partial charge in [0.05, 0.1) is 14.2 Å². The maximum atomic E-state index is 14.9. The van der Waals surface area contributed by atoms with E-state index < -0.39 is 11.6 Å². The fourth-order valence-electron chi connectivity index (χ4n) is 4.42. The number of allylic oxidation sites excluding steroid dienone is 1. The number of H-pyrrole nitrogens is 1. The number of aromatic nitrogens is 2. The molecule has 4 rings (SSSR count). The van der Waals surface area contributed by atoms with Gasteiger partial charge in [0, 0.05) is 85.4 Å². The predicted molar refractivity (Wildman–Crippen MR) is 134 cm³/mol. The van der Waals surface area contributed by atoms with Crippen molar-refractivity contribution in [1.29, 1.82) is 5.41 Å². The van der Waals surface area contributed by atoms with Crippen molar-refractivity contribution in [2.24, 2.45) is 0 Å². The molecule has 1 aromatic carbocycles. The summed E-state index contributed by atoms with van der Waals surface area (Å²) in [7, 11) is 2.63. The first-order chi connectivity index (χ1) is 17.4. The van der Waals surface area contributed by atoms with Crippen LogP contribution in [0, 0.1) is 17.0 Å². The topological polar surface area (TPSA) is 103 Å². The first kappa shape index (κ1) is 25.2. The van der Waals surface area contributed by atoms with Crippen molar-refractivity contribution in [3.05, 3.63) is 59.1 Å². The highest BCUT2D eigenvalue weighted by Crippen LogP contribution is 2.34. The summed E-state index contributed by atoms with van der Waals surface area (Å²) < 4.78 is 40.0. The van der Waals surface area contributed by atoms with Crippen LogP contribution in [0.15, 0.2) is 30.7 Å². The molecule has 190 valence electrons. The number of likely N-dealkylation sites (tertiary alicyclic amines) is 1. The number of nitrogens with zero attached hydrogens (tertiary/aromatic N) is 2. The van der Waals surface area contributed by atoms with Crippen LogP contribution in [0.5, 0.6) is 11.5 Å². The molecule has 1 aliphatic rings. The van der Waals surface area contributed by atoms with Gasteiger partial charge in [0.25, 0.3) is 0 Å². The number of ether oxygens (including phenoxy) is 2. The molecule has 10 heteroatoms. The summed E-state index contributed by atoms with van der Waals surface area (Å²) in [5.41, 5.74) is 2.35. The zero-order valence-corrected chi connectivity index (χ0v) is 20.5. The van der Waals surface area contributed by atoms with Crippen molar-refractivity contribution in [3.63, 3.8) is 0 Å². The lowest BCUT2D eigenvalue weighted by molar-refractivity contribution is -0.129. The summed E-state index contributed by atoms with van der Waals surface area (Å²) in [5, 5.41) is 11.9. The van der Waals surface area contributed by atoms with Crippen molar-refractivity contribution in [2.75, 3.05) is 27.3 Å². The number of pyridine rings is 1. The van der Waals surface area contributed by atoms with E-state index in [-0.39, 0.29) is 35.4 Å². The lowest BCUT2D eigenvalue weighted by atomic mass is 10.0. The molecule has 3 aromatic rings. The molecule has 3 N–H and O–H groups in total. The second-order valence-electron chi connectivity index (χ2n) is 8.69. The summed E-state index contributed by atoms with van der Waals surface area (Å²) in [6, 6.07) is 3.23. The second-order valence-corrected chi connectivity index (χ2v) is 8.69. The zero-order chi connectivity index (χ0) is 25.8. The van der Waals surface area contributed by atoms with Crippen LogP contribution in [0.1, 0.15) is 36.5 Å². The summed E-state index contributed by atoms with van der Waals surface area (Å²) in [4.78, 5) is 20.8. The fourth-order valence-corrected chi connectivity index (χ4v) is 4.42. The third-order valence-electron chi connectivity index (χ3n) is 6.55. The molecule has 0 unspecified atom stereocenters. The van der Waals surface area contributed by atoms with E-state index in [0.717, 1.165) is 12.8 Å². The van der Waals surface area contributed by atoms with Gasteiger partial charge in [0.15, 0.2) is 23.1 Å². The van der Waals surface area contributed by atoms with Crippen molar-refractivity contribution in [3.8, 4) is 11.5 Å². The predicted octanol–water partition coefficient (Wildman–Crippen LogP) is 4.04. The normalized spacial score (nSPS) is 14.7. The van der Waals surface area contributed by atoms with Crippen LogP contribution in [0.4, 0.5) is 8.78 Å². The summed E-state index contributed by atoms with van der Waals surface area (Å²) in [5.74, 6) is -1.69. The average molecular weight is 498 g/mol. The maximum Gasteiger partial charge on any atom is 0.219 e. The molecule has 1 amide bonds. The lowest BCUT2D eigenvalue weighted by Crippen LogP contribution is -2.42. The third kappa shape index (κ3) is 5.02. The van der Waals surface area contributed by atoms with Gasteiger partial charge >= 0.3 is 0 Å².